The van der Waals surface area contributed by atoms with Crippen LogP contribution in [0.3, 0.4) is 0 Å². The molecule has 1 aliphatic rings. The second-order valence-electron chi connectivity index (χ2n) is 5.22. The van der Waals surface area contributed by atoms with Crippen molar-refractivity contribution < 1.29 is 9.53 Å². The number of nitrogens with one attached hydrogen (secondary N) is 1. The fourth-order valence-corrected chi connectivity index (χ4v) is 2.66. The molecular weight excluding hydrogens is 266 g/mol. The Kier molecular flexibility index (Phi) is 3.75. The molecule has 21 heavy (non-hydrogen) atoms. The topological polar surface area (TPSA) is 58.2 Å². The van der Waals surface area contributed by atoms with E-state index in [0.29, 0.717) is 25.5 Å². The molecule has 0 saturated heterocycles. The fourth-order valence-electron chi connectivity index (χ4n) is 2.66. The zero-order chi connectivity index (χ0) is 14.8. The van der Waals surface area contributed by atoms with Crippen molar-refractivity contribution in [1.82, 2.24) is 10.2 Å². The van der Waals surface area contributed by atoms with Gasteiger partial charge in [-0.1, -0.05) is 12.1 Å². The van der Waals surface area contributed by atoms with Gasteiger partial charge in [0.15, 0.2) is 5.69 Å². The smallest absolute Gasteiger partial charge is 0.279 e. The minimum Gasteiger partial charge on any atom is -0.376 e. The van der Waals surface area contributed by atoms with Gasteiger partial charge in [0.2, 0.25) is 0 Å². The first-order chi connectivity index (χ1) is 10.2. The van der Waals surface area contributed by atoms with Gasteiger partial charge in [-0.3, -0.25) is 9.89 Å². The Morgan fingerprint density at radius 1 is 1.48 bits per heavy atom. The molecule has 3 rings (SSSR count). The summed E-state index contributed by atoms with van der Waals surface area (Å²) in [6, 6.07) is 7.94. The monoisotopic (exact) mass is 285 g/mol. The standard InChI is InChI=1S/C16H19N3O2/c1-3-19(12-6-4-5-11(2)9-12)16(20)15-13-10-21-8-7-14(13)17-18-15/h4-6,9H,3,7-8,10H2,1-2H3,(H,17,18). The van der Waals surface area contributed by atoms with Crippen LogP contribution < -0.4 is 4.90 Å². The number of carbonyl (C=O) groups is 1. The molecule has 2 aromatic rings. The van der Waals surface area contributed by atoms with E-state index in [-0.39, 0.29) is 5.91 Å². The highest BCUT2D eigenvalue weighted by atomic mass is 16.5. The Morgan fingerprint density at radius 3 is 3.10 bits per heavy atom. The minimum absolute atomic E-state index is 0.0777. The lowest BCUT2D eigenvalue weighted by molar-refractivity contribution is 0.0956. The third kappa shape index (κ3) is 2.56. The first-order valence-electron chi connectivity index (χ1n) is 7.23. The van der Waals surface area contributed by atoms with Gasteiger partial charge in [0.25, 0.3) is 5.91 Å². The number of carbonyl (C=O) groups excluding carboxylic acids is 1. The molecule has 110 valence electrons. The number of aromatic amines is 1. The Hall–Kier alpha value is -2.14. The van der Waals surface area contributed by atoms with Crippen LogP contribution in [0.1, 0.15) is 34.2 Å². The SMILES string of the molecule is CCN(C(=O)c1n[nH]c2c1COCC2)c1cccc(C)c1. The maximum Gasteiger partial charge on any atom is 0.279 e. The van der Waals surface area contributed by atoms with Crippen LogP contribution in [0.15, 0.2) is 24.3 Å². The normalized spacial score (nSPS) is 13.8. The van der Waals surface area contributed by atoms with Gasteiger partial charge in [0.1, 0.15) is 0 Å². The number of amides is 1. The van der Waals surface area contributed by atoms with Crippen molar-refractivity contribution in [2.45, 2.75) is 26.9 Å². The lowest BCUT2D eigenvalue weighted by Crippen LogP contribution is -2.32. The second kappa shape index (κ2) is 5.69. The molecule has 1 N–H and O–H groups in total. The number of hydrogen-bond donors (Lipinski definition) is 1. The summed E-state index contributed by atoms with van der Waals surface area (Å²) in [5, 5.41) is 7.19. The van der Waals surface area contributed by atoms with E-state index in [1.54, 1.807) is 4.90 Å². The average molecular weight is 285 g/mol. The van der Waals surface area contributed by atoms with Crippen LogP contribution in [0.5, 0.6) is 0 Å². The van der Waals surface area contributed by atoms with Gasteiger partial charge in [-0.2, -0.15) is 5.10 Å². The van der Waals surface area contributed by atoms with E-state index in [2.05, 4.69) is 10.2 Å². The average Bonchev–Trinajstić information content (AvgIpc) is 2.92. The van der Waals surface area contributed by atoms with Gasteiger partial charge in [-0.05, 0) is 31.5 Å². The maximum absolute atomic E-state index is 12.8. The van der Waals surface area contributed by atoms with Crippen molar-refractivity contribution in [1.29, 1.82) is 0 Å². The Morgan fingerprint density at radius 2 is 2.33 bits per heavy atom. The molecule has 1 aliphatic heterocycles. The zero-order valence-electron chi connectivity index (χ0n) is 12.3. The largest absolute Gasteiger partial charge is 0.376 e. The van der Waals surface area contributed by atoms with E-state index in [0.717, 1.165) is 28.9 Å². The molecule has 5 heteroatoms. The molecule has 0 bridgehead atoms. The highest BCUT2D eigenvalue weighted by molar-refractivity contribution is 6.05. The predicted octanol–water partition coefficient (Wildman–Crippen LogP) is 2.46. The van der Waals surface area contributed by atoms with Crippen LogP contribution in [0.2, 0.25) is 0 Å². The van der Waals surface area contributed by atoms with E-state index in [1.807, 2.05) is 38.1 Å². The van der Waals surface area contributed by atoms with Gasteiger partial charge in [0, 0.05) is 29.9 Å². The number of ether oxygens (including phenoxy) is 1. The summed E-state index contributed by atoms with van der Waals surface area (Å²) >= 11 is 0. The Labute approximate surface area is 123 Å². The van der Waals surface area contributed by atoms with E-state index >= 15 is 0 Å². The summed E-state index contributed by atoms with van der Waals surface area (Å²) in [6.07, 6.45) is 0.784. The second-order valence-corrected chi connectivity index (χ2v) is 5.22. The molecule has 2 heterocycles. The molecule has 5 nitrogen and oxygen atoms in total. The van der Waals surface area contributed by atoms with Crippen molar-refractivity contribution in [2.24, 2.45) is 0 Å². The summed E-state index contributed by atoms with van der Waals surface area (Å²) in [7, 11) is 0. The maximum atomic E-state index is 12.8. The summed E-state index contributed by atoms with van der Waals surface area (Å²) < 4.78 is 5.45. The number of nitrogens with zero attached hydrogens (tertiary/aromatic N) is 2. The number of aromatic nitrogens is 2. The third-order valence-electron chi connectivity index (χ3n) is 3.77. The van der Waals surface area contributed by atoms with Crippen molar-refractivity contribution in [2.75, 3.05) is 18.1 Å². The number of hydrogen-bond acceptors (Lipinski definition) is 3. The summed E-state index contributed by atoms with van der Waals surface area (Å²) in [6.45, 7) is 5.73. The highest BCUT2D eigenvalue weighted by Gasteiger charge is 2.26. The number of aryl methyl sites for hydroxylation is 1. The number of anilines is 1. The molecule has 0 fully saturated rings. The summed E-state index contributed by atoms with van der Waals surface area (Å²) in [5.74, 6) is -0.0777. The molecule has 1 amide bonds. The minimum atomic E-state index is -0.0777. The molecule has 0 saturated carbocycles. The van der Waals surface area contributed by atoms with Gasteiger partial charge < -0.3 is 9.64 Å². The Bertz CT molecular complexity index is 663. The van der Waals surface area contributed by atoms with E-state index in [1.165, 1.54) is 0 Å². The van der Waals surface area contributed by atoms with E-state index in [4.69, 9.17) is 4.74 Å². The summed E-state index contributed by atoms with van der Waals surface area (Å²) in [4.78, 5) is 14.6. The first-order valence-corrected chi connectivity index (χ1v) is 7.23. The van der Waals surface area contributed by atoms with Crippen molar-refractivity contribution >= 4 is 11.6 Å². The molecule has 0 unspecified atom stereocenters. The molecule has 0 spiro atoms. The lowest BCUT2D eigenvalue weighted by Gasteiger charge is -2.21. The van der Waals surface area contributed by atoms with Gasteiger partial charge in [-0.25, -0.2) is 0 Å². The molecule has 0 aliphatic carbocycles. The van der Waals surface area contributed by atoms with E-state index in [9.17, 15) is 4.79 Å². The lowest BCUT2D eigenvalue weighted by atomic mass is 10.1. The Balaban J connectivity index is 1.94. The van der Waals surface area contributed by atoms with Crippen molar-refractivity contribution in [3.8, 4) is 0 Å². The number of H-pyrrole nitrogens is 1. The molecule has 1 aromatic heterocycles. The molecule has 1 aromatic carbocycles. The van der Waals surface area contributed by atoms with Crippen LogP contribution in [0, 0.1) is 6.92 Å². The number of benzene rings is 1. The predicted molar refractivity (Wildman–Crippen MR) is 80.5 cm³/mol. The van der Waals surface area contributed by atoms with Gasteiger partial charge in [-0.15, -0.1) is 0 Å². The number of fused-ring (bicyclic) bond motifs is 1. The molecule has 0 radical (unpaired) electrons. The third-order valence-corrected chi connectivity index (χ3v) is 3.77. The van der Waals surface area contributed by atoms with Gasteiger partial charge >= 0.3 is 0 Å². The van der Waals surface area contributed by atoms with E-state index < -0.39 is 0 Å². The van der Waals surface area contributed by atoms with Gasteiger partial charge in [0.05, 0.1) is 13.2 Å². The van der Waals surface area contributed by atoms with Crippen LogP contribution >= 0.6 is 0 Å². The van der Waals surface area contributed by atoms with Crippen LogP contribution in [-0.4, -0.2) is 29.3 Å². The molecular formula is C16H19N3O2. The fraction of sp³-hybridized carbons (Fsp3) is 0.375. The highest BCUT2D eigenvalue weighted by Crippen LogP contribution is 2.23. The summed E-state index contributed by atoms with van der Waals surface area (Å²) in [5.41, 5.74) is 4.43. The van der Waals surface area contributed by atoms with Crippen molar-refractivity contribution in [3.63, 3.8) is 0 Å². The quantitative estimate of drug-likeness (QED) is 0.942. The first kappa shape index (κ1) is 13.8. The zero-order valence-corrected chi connectivity index (χ0v) is 12.3. The van der Waals surface area contributed by atoms with Crippen LogP contribution in [0.25, 0.3) is 0 Å². The number of rotatable bonds is 3. The van der Waals surface area contributed by atoms with Crippen LogP contribution in [0.4, 0.5) is 5.69 Å². The van der Waals surface area contributed by atoms with Crippen molar-refractivity contribution in [3.05, 3.63) is 46.8 Å². The molecule has 0 atom stereocenters. The van der Waals surface area contributed by atoms with Crippen LogP contribution in [-0.2, 0) is 17.8 Å².